The summed E-state index contributed by atoms with van der Waals surface area (Å²) in [6.07, 6.45) is 1.02. The molecular weight excluding hydrogens is 196 g/mol. The average Bonchev–Trinajstić information content (AvgIpc) is 2.18. The van der Waals surface area contributed by atoms with Gasteiger partial charge in [0.25, 0.3) is 0 Å². The van der Waals surface area contributed by atoms with E-state index in [4.69, 9.17) is 15.1 Å². The summed E-state index contributed by atoms with van der Waals surface area (Å²) in [4.78, 5) is 12.0. The molecule has 1 rings (SSSR count). The largest absolute Gasteiger partial charge is 0.465 e. The Morgan fingerprint density at radius 3 is 2.73 bits per heavy atom. The van der Waals surface area contributed by atoms with Crippen LogP contribution in [-0.2, 0) is 4.74 Å². The third kappa shape index (κ3) is 3.76. The van der Waals surface area contributed by atoms with Crippen LogP contribution in [0.15, 0.2) is 0 Å². The molecule has 0 saturated carbocycles. The molecule has 1 saturated heterocycles. The van der Waals surface area contributed by atoms with Crippen molar-refractivity contribution in [3.63, 3.8) is 0 Å². The predicted molar refractivity (Wildman–Crippen MR) is 53.4 cm³/mol. The maximum atomic E-state index is 10.6. The Morgan fingerprint density at radius 2 is 2.27 bits per heavy atom. The Balaban J connectivity index is 2.26. The molecule has 84 valence electrons. The molecule has 1 N–H and O–H groups in total. The molecule has 5 heteroatoms. The van der Waals surface area contributed by atoms with Crippen LogP contribution in [0.3, 0.4) is 0 Å². The number of hydrogen-bond acceptors (Lipinski definition) is 3. The quantitative estimate of drug-likeness (QED) is 0.768. The minimum Gasteiger partial charge on any atom is -0.465 e. The van der Waals surface area contributed by atoms with Crippen molar-refractivity contribution >= 4 is 6.09 Å². The van der Waals surface area contributed by atoms with Gasteiger partial charge in [0, 0.05) is 13.1 Å². The number of amides is 1. The van der Waals surface area contributed by atoms with Gasteiger partial charge in [-0.3, -0.25) is 0 Å². The van der Waals surface area contributed by atoms with Gasteiger partial charge in [0.05, 0.1) is 24.7 Å². The van der Waals surface area contributed by atoms with E-state index in [9.17, 15) is 4.79 Å². The molecule has 5 nitrogen and oxygen atoms in total. The van der Waals surface area contributed by atoms with Gasteiger partial charge < -0.3 is 14.7 Å². The van der Waals surface area contributed by atoms with Crippen LogP contribution in [0.25, 0.3) is 0 Å². The van der Waals surface area contributed by atoms with Gasteiger partial charge in [0.15, 0.2) is 0 Å². The number of piperidine rings is 1. The summed E-state index contributed by atoms with van der Waals surface area (Å²) < 4.78 is 5.62. The van der Waals surface area contributed by atoms with E-state index in [1.54, 1.807) is 0 Å². The van der Waals surface area contributed by atoms with E-state index in [-0.39, 0.29) is 12.2 Å². The fraction of sp³-hybridized carbons (Fsp3) is 0.800. The van der Waals surface area contributed by atoms with E-state index in [2.05, 4.69) is 6.07 Å². The molecule has 15 heavy (non-hydrogen) atoms. The second-order valence-corrected chi connectivity index (χ2v) is 3.78. The van der Waals surface area contributed by atoms with Gasteiger partial charge in [0.2, 0.25) is 0 Å². The third-order valence-electron chi connectivity index (χ3n) is 2.52. The molecule has 0 radical (unpaired) electrons. The number of rotatable bonds is 3. The Kier molecular flexibility index (Phi) is 4.37. The van der Waals surface area contributed by atoms with Crippen LogP contribution < -0.4 is 0 Å². The van der Waals surface area contributed by atoms with Crippen LogP contribution in [0.5, 0.6) is 0 Å². The fourth-order valence-corrected chi connectivity index (χ4v) is 1.69. The van der Waals surface area contributed by atoms with Gasteiger partial charge in [-0.1, -0.05) is 0 Å². The molecule has 1 atom stereocenters. The number of likely N-dealkylation sites (tertiary alicyclic amines) is 1. The van der Waals surface area contributed by atoms with Gasteiger partial charge in [0.1, 0.15) is 0 Å². The second-order valence-electron chi connectivity index (χ2n) is 3.78. The maximum absolute atomic E-state index is 10.6. The Hall–Kier alpha value is -1.28. The average molecular weight is 212 g/mol. The van der Waals surface area contributed by atoms with Crippen LogP contribution in [-0.4, -0.2) is 41.4 Å². The molecule has 1 heterocycles. The first-order valence-corrected chi connectivity index (χ1v) is 5.13. The summed E-state index contributed by atoms with van der Waals surface area (Å²) in [6.45, 7) is 2.92. The van der Waals surface area contributed by atoms with Crippen molar-refractivity contribution in [2.24, 2.45) is 0 Å². The first kappa shape index (κ1) is 11.8. The van der Waals surface area contributed by atoms with Gasteiger partial charge in [-0.2, -0.15) is 5.26 Å². The maximum Gasteiger partial charge on any atom is 0.407 e. The lowest BCUT2D eigenvalue weighted by atomic mass is 10.1. The Morgan fingerprint density at radius 1 is 1.67 bits per heavy atom. The second kappa shape index (κ2) is 5.56. The van der Waals surface area contributed by atoms with Gasteiger partial charge >= 0.3 is 6.09 Å². The number of nitriles is 1. The van der Waals surface area contributed by atoms with E-state index in [0.29, 0.717) is 19.5 Å². The standard InChI is InChI=1S/C10H16N2O3/c1-8(2-5-11)15-9-3-6-12(7-4-9)10(13)14/h8-9H,2-4,6-7H2,1H3,(H,13,14)/t8-/m0/s1. The smallest absolute Gasteiger partial charge is 0.407 e. The van der Waals surface area contributed by atoms with Gasteiger partial charge in [-0.05, 0) is 19.8 Å². The van der Waals surface area contributed by atoms with Crippen molar-refractivity contribution in [2.45, 2.75) is 38.4 Å². The highest BCUT2D eigenvalue weighted by Crippen LogP contribution is 2.16. The topological polar surface area (TPSA) is 73.6 Å². The van der Waals surface area contributed by atoms with Crippen molar-refractivity contribution in [2.75, 3.05) is 13.1 Å². The third-order valence-corrected chi connectivity index (χ3v) is 2.52. The zero-order valence-electron chi connectivity index (χ0n) is 8.85. The SMILES string of the molecule is C[C@@H](CC#N)OC1CCN(C(=O)O)CC1. The zero-order chi connectivity index (χ0) is 11.3. The van der Waals surface area contributed by atoms with Crippen LogP contribution in [0, 0.1) is 11.3 Å². The van der Waals surface area contributed by atoms with Gasteiger partial charge in [-0.25, -0.2) is 4.79 Å². The van der Waals surface area contributed by atoms with E-state index in [1.165, 1.54) is 4.90 Å². The molecule has 0 aliphatic carbocycles. The van der Waals surface area contributed by atoms with Crippen LogP contribution in [0.1, 0.15) is 26.2 Å². The lowest BCUT2D eigenvalue weighted by Gasteiger charge is -2.31. The van der Waals surface area contributed by atoms with Crippen LogP contribution >= 0.6 is 0 Å². The van der Waals surface area contributed by atoms with Crippen LogP contribution in [0.2, 0.25) is 0 Å². The number of carbonyl (C=O) groups is 1. The number of nitrogens with zero attached hydrogens (tertiary/aromatic N) is 2. The van der Waals surface area contributed by atoms with Crippen molar-refractivity contribution in [1.82, 2.24) is 4.90 Å². The lowest BCUT2D eigenvalue weighted by molar-refractivity contribution is -0.0294. The highest BCUT2D eigenvalue weighted by Gasteiger charge is 2.23. The number of ether oxygens (including phenoxy) is 1. The summed E-state index contributed by atoms with van der Waals surface area (Å²) >= 11 is 0. The normalized spacial score (nSPS) is 19.6. The van der Waals surface area contributed by atoms with Crippen LogP contribution in [0.4, 0.5) is 4.79 Å². The summed E-state index contributed by atoms with van der Waals surface area (Å²) in [5, 5.41) is 17.2. The first-order chi connectivity index (χ1) is 7.13. The molecule has 0 aromatic rings. The monoisotopic (exact) mass is 212 g/mol. The molecule has 1 amide bonds. The molecule has 1 aliphatic rings. The highest BCUT2D eigenvalue weighted by molar-refractivity contribution is 5.64. The molecule has 0 aromatic carbocycles. The van der Waals surface area contributed by atoms with E-state index in [1.807, 2.05) is 6.92 Å². The lowest BCUT2D eigenvalue weighted by Crippen LogP contribution is -2.40. The molecule has 0 aromatic heterocycles. The minimum absolute atomic E-state index is 0.0589. The summed E-state index contributed by atoms with van der Waals surface area (Å²) in [5.74, 6) is 0. The van der Waals surface area contributed by atoms with E-state index in [0.717, 1.165) is 12.8 Å². The van der Waals surface area contributed by atoms with Crippen molar-refractivity contribution in [1.29, 1.82) is 5.26 Å². The minimum atomic E-state index is -0.862. The zero-order valence-corrected chi connectivity index (χ0v) is 8.85. The van der Waals surface area contributed by atoms with E-state index < -0.39 is 6.09 Å². The molecule has 1 fully saturated rings. The Labute approximate surface area is 89.2 Å². The van der Waals surface area contributed by atoms with Crippen molar-refractivity contribution in [3.05, 3.63) is 0 Å². The van der Waals surface area contributed by atoms with Gasteiger partial charge in [-0.15, -0.1) is 0 Å². The number of carboxylic acid groups (broad SMARTS) is 1. The molecular formula is C10H16N2O3. The van der Waals surface area contributed by atoms with Crippen molar-refractivity contribution < 1.29 is 14.6 Å². The van der Waals surface area contributed by atoms with Crippen molar-refractivity contribution in [3.8, 4) is 6.07 Å². The van der Waals surface area contributed by atoms with E-state index >= 15 is 0 Å². The summed E-state index contributed by atoms with van der Waals surface area (Å²) in [6, 6.07) is 2.05. The summed E-state index contributed by atoms with van der Waals surface area (Å²) in [7, 11) is 0. The summed E-state index contributed by atoms with van der Waals surface area (Å²) in [5.41, 5.74) is 0. The molecule has 0 spiro atoms. The fourth-order valence-electron chi connectivity index (χ4n) is 1.69. The first-order valence-electron chi connectivity index (χ1n) is 5.13. The molecule has 0 bridgehead atoms. The highest BCUT2D eigenvalue weighted by atomic mass is 16.5. The molecule has 1 aliphatic heterocycles. The Bertz CT molecular complexity index is 254. The molecule has 0 unspecified atom stereocenters. The number of hydrogen-bond donors (Lipinski definition) is 1. The predicted octanol–water partition coefficient (Wildman–Crippen LogP) is 1.45.